The van der Waals surface area contributed by atoms with Gasteiger partial charge in [0, 0.05) is 18.2 Å². The monoisotopic (exact) mass is 545 g/mol. The molecular formula is C29H40FN3O6. The Labute approximate surface area is 229 Å². The maximum Gasteiger partial charge on any atom is 0.408 e. The summed E-state index contributed by atoms with van der Waals surface area (Å²) in [5, 5.41) is 3.05. The number of carbonyl (C=O) groups is 1. The van der Waals surface area contributed by atoms with Crippen LogP contribution < -0.4 is 10.1 Å². The molecule has 1 aliphatic carbocycles. The number of pyridine rings is 2. The molecule has 4 fully saturated rings. The van der Waals surface area contributed by atoms with Gasteiger partial charge in [0.1, 0.15) is 18.0 Å². The lowest BCUT2D eigenvalue weighted by Crippen LogP contribution is -2.63. The van der Waals surface area contributed by atoms with E-state index >= 15 is 4.39 Å². The van der Waals surface area contributed by atoms with Crippen LogP contribution in [0.15, 0.2) is 18.3 Å². The third kappa shape index (κ3) is 6.96. The number of aryl methyl sites for hydroxylation is 1. The van der Waals surface area contributed by atoms with Crippen LogP contribution in [0.4, 0.5) is 9.18 Å². The SMILES string of the molecule is CC(C)(C)OC(=O)NC12CCC(CCc3c(F)cnc4ccc(OCCOC5CCCCO5)nc34)(CC1)OC2. The van der Waals surface area contributed by atoms with Crippen LogP contribution in [-0.2, 0) is 25.4 Å². The predicted octanol–water partition coefficient (Wildman–Crippen LogP) is 5.23. The highest BCUT2D eigenvalue weighted by molar-refractivity contribution is 5.78. The summed E-state index contributed by atoms with van der Waals surface area (Å²) in [6.07, 6.45) is 8.07. The molecule has 214 valence electrons. The van der Waals surface area contributed by atoms with Gasteiger partial charge in [-0.3, -0.25) is 4.98 Å². The van der Waals surface area contributed by atoms with E-state index in [2.05, 4.69) is 15.3 Å². The number of carbonyl (C=O) groups excluding carboxylic acids is 1. The number of hydrogen-bond acceptors (Lipinski definition) is 8. The molecule has 1 amide bonds. The predicted molar refractivity (Wildman–Crippen MR) is 142 cm³/mol. The van der Waals surface area contributed by atoms with Gasteiger partial charge in [0.25, 0.3) is 0 Å². The van der Waals surface area contributed by atoms with Crippen LogP contribution in [0.5, 0.6) is 5.88 Å². The van der Waals surface area contributed by atoms with Gasteiger partial charge in [-0.1, -0.05) is 0 Å². The van der Waals surface area contributed by atoms with Crippen molar-refractivity contribution in [2.75, 3.05) is 26.4 Å². The number of halogens is 1. The molecule has 1 atom stereocenters. The number of amides is 1. The zero-order valence-electron chi connectivity index (χ0n) is 23.2. The van der Waals surface area contributed by atoms with Gasteiger partial charge in [-0.15, -0.1) is 0 Å². The van der Waals surface area contributed by atoms with Crippen LogP contribution in [0.1, 0.15) is 77.7 Å². The van der Waals surface area contributed by atoms with E-state index in [1.807, 2.05) is 20.8 Å². The fourth-order valence-electron chi connectivity index (χ4n) is 5.68. The number of aromatic nitrogens is 2. The van der Waals surface area contributed by atoms with Gasteiger partial charge in [-0.25, -0.2) is 14.2 Å². The Morgan fingerprint density at radius 2 is 2.00 bits per heavy atom. The molecule has 2 bridgehead atoms. The molecule has 0 radical (unpaired) electrons. The third-order valence-electron chi connectivity index (χ3n) is 7.88. The summed E-state index contributed by atoms with van der Waals surface area (Å²) in [6, 6.07) is 3.55. The number of fused-ring (bicyclic) bond motifs is 4. The average molecular weight is 546 g/mol. The minimum Gasteiger partial charge on any atom is -0.475 e. The highest BCUT2D eigenvalue weighted by Gasteiger charge is 2.50. The number of ether oxygens (including phenoxy) is 5. The number of nitrogens with zero attached hydrogens (tertiary/aromatic N) is 2. The van der Waals surface area contributed by atoms with Crippen LogP contribution in [0, 0.1) is 5.82 Å². The van der Waals surface area contributed by atoms with Crippen molar-refractivity contribution in [1.82, 2.24) is 15.3 Å². The Bertz CT molecular complexity index is 1140. The molecule has 3 saturated heterocycles. The molecule has 1 saturated carbocycles. The number of hydrogen-bond donors (Lipinski definition) is 1. The van der Waals surface area contributed by atoms with Crippen molar-refractivity contribution >= 4 is 17.1 Å². The Balaban J connectivity index is 1.18. The number of rotatable bonds is 9. The quantitative estimate of drug-likeness (QED) is 0.428. The molecule has 1 N–H and O–H groups in total. The van der Waals surface area contributed by atoms with Crippen molar-refractivity contribution < 1.29 is 32.9 Å². The molecule has 1 unspecified atom stereocenters. The lowest BCUT2D eigenvalue weighted by Gasteiger charge is -2.53. The summed E-state index contributed by atoms with van der Waals surface area (Å²) < 4.78 is 43.9. The molecule has 6 rings (SSSR count). The van der Waals surface area contributed by atoms with Crippen LogP contribution in [-0.4, -0.2) is 65.5 Å². The zero-order valence-corrected chi connectivity index (χ0v) is 23.2. The van der Waals surface area contributed by atoms with Crippen molar-refractivity contribution in [3.05, 3.63) is 29.7 Å². The van der Waals surface area contributed by atoms with Crippen LogP contribution in [0.2, 0.25) is 0 Å². The average Bonchev–Trinajstić information content (AvgIpc) is 2.91. The summed E-state index contributed by atoms with van der Waals surface area (Å²) in [7, 11) is 0. The summed E-state index contributed by atoms with van der Waals surface area (Å²) in [4.78, 5) is 21.2. The minimum absolute atomic E-state index is 0.170. The Morgan fingerprint density at radius 3 is 2.69 bits per heavy atom. The Hall–Kier alpha value is -2.56. The first-order valence-corrected chi connectivity index (χ1v) is 14.1. The van der Waals surface area contributed by atoms with E-state index in [0.29, 0.717) is 55.1 Å². The van der Waals surface area contributed by atoms with E-state index in [-0.39, 0.29) is 17.7 Å². The second-order valence-corrected chi connectivity index (χ2v) is 12.0. The largest absolute Gasteiger partial charge is 0.475 e. The molecule has 0 spiro atoms. The minimum atomic E-state index is -0.553. The third-order valence-corrected chi connectivity index (χ3v) is 7.88. The van der Waals surface area contributed by atoms with Gasteiger partial charge in [0.2, 0.25) is 5.88 Å². The lowest BCUT2D eigenvalue weighted by atomic mass is 9.69. The van der Waals surface area contributed by atoms with E-state index in [9.17, 15) is 4.79 Å². The van der Waals surface area contributed by atoms with Crippen LogP contribution in [0.3, 0.4) is 0 Å². The van der Waals surface area contributed by atoms with E-state index in [1.54, 1.807) is 12.1 Å². The standard InChI is InChI=1S/C29H40FN3O6/c1-27(2,3)39-26(34)33-28-11-13-29(14-12-28,38-19-28)10-9-20-21(30)18-31-22-7-8-23(32-25(20)22)35-16-17-37-24-6-4-5-15-36-24/h7-8,18,24H,4-6,9-17,19H2,1-3H3,(H,33,34). The van der Waals surface area contributed by atoms with E-state index in [1.165, 1.54) is 6.20 Å². The maximum absolute atomic E-state index is 15.0. The molecule has 39 heavy (non-hydrogen) atoms. The molecule has 0 aromatic carbocycles. The van der Waals surface area contributed by atoms with Gasteiger partial charge in [-0.2, -0.15) is 0 Å². The van der Waals surface area contributed by atoms with Crippen molar-refractivity contribution in [2.45, 2.75) is 102 Å². The summed E-state index contributed by atoms with van der Waals surface area (Å²) in [6.45, 7) is 7.42. The smallest absolute Gasteiger partial charge is 0.408 e. The lowest BCUT2D eigenvalue weighted by molar-refractivity contribution is -0.165. The van der Waals surface area contributed by atoms with Crippen LogP contribution in [0.25, 0.3) is 11.0 Å². The summed E-state index contributed by atoms with van der Waals surface area (Å²) in [5.41, 5.74) is 0.350. The van der Waals surface area contributed by atoms with Crippen molar-refractivity contribution in [3.63, 3.8) is 0 Å². The Morgan fingerprint density at radius 1 is 1.18 bits per heavy atom. The molecular weight excluding hydrogens is 505 g/mol. The zero-order chi connectivity index (χ0) is 27.5. The molecule has 3 aliphatic heterocycles. The van der Waals surface area contributed by atoms with E-state index in [0.717, 1.165) is 51.6 Å². The fraction of sp³-hybridized carbons (Fsp3) is 0.690. The highest BCUT2D eigenvalue weighted by Crippen LogP contribution is 2.46. The normalized spacial score (nSPS) is 26.9. The van der Waals surface area contributed by atoms with Gasteiger partial charge >= 0.3 is 6.09 Å². The van der Waals surface area contributed by atoms with Crippen molar-refractivity contribution in [2.24, 2.45) is 0 Å². The summed E-state index contributed by atoms with van der Waals surface area (Å²) in [5.74, 6) is 0.0287. The highest BCUT2D eigenvalue weighted by atomic mass is 19.1. The molecule has 5 heterocycles. The first kappa shape index (κ1) is 28.0. The fourth-order valence-corrected chi connectivity index (χ4v) is 5.68. The second kappa shape index (κ2) is 11.5. The van der Waals surface area contributed by atoms with Gasteiger partial charge in [0.05, 0.1) is 41.6 Å². The maximum atomic E-state index is 15.0. The molecule has 2 aromatic heterocycles. The first-order valence-electron chi connectivity index (χ1n) is 14.1. The topological polar surface area (TPSA) is 101 Å². The van der Waals surface area contributed by atoms with E-state index in [4.69, 9.17) is 23.7 Å². The van der Waals surface area contributed by atoms with Gasteiger partial charge in [-0.05, 0) is 84.6 Å². The first-order chi connectivity index (χ1) is 18.6. The molecule has 2 aromatic rings. The van der Waals surface area contributed by atoms with Crippen molar-refractivity contribution in [1.29, 1.82) is 0 Å². The molecule has 9 nitrogen and oxygen atoms in total. The van der Waals surface area contributed by atoms with E-state index < -0.39 is 17.2 Å². The molecule has 10 heteroatoms. The second-order valence-electron chi connectivity index (χ2n) is 12.0. The van der Waals surface area contributed by atoms with Crippen molar-refractivity contribution in [3.8, 4) is 5.88 Å². The van der Waals surface area contributed by atoms with Gasteiger partial charge in [0.15, 0.2) is 6.29 Å². The Kier molecular flexibility index (Phi) is 8.26. The van der Waals surface area contributed by atoms with Gasteiger partial charge < -0.3 is 29.0 Å². The summed E-state index contributed by atoms with van der Waals surface area (Å²) >= 11 is 0. The molecule has 4 aliphatic rings. The van der Waals surface area contributed by atoms with Crippen LogP contribution >= 0.6 is 0 Å². The number of alkyl carbamates (subject to hydrolysis) is 1. The number of nitrogens with one attached hydrogen (secondary N) is 1.